The molecular formula is C23H32ClNO2. The van der Waals surface area contributed by atoms with Crippen molar-refractivity contribution in [2.45, 2.75) is 59.1 Å². The van der Waals surface area contributed by atoms with E-state index in [-0.39, 0.29) is 0 Å². The molecule has 0 bridgehead atoms. The van der Waals surface area contributed by atoms with Gasteiger partial charge in [-0.05, 0) is 43.1 Å². The van der Waals surface area contributed by atoms with Gasteiger partial charge in [-0.1, -0.05) is 74.0 Å². The van der Waals surface area contributed by atoms with Crippen LogP contribution in [0.4, 0.5) is 0 Å². The van der Waals surface area contributed by atoms with Crippen molar-refractivity contribution in [3.05, 3.63) is 58.1 Å². The van der Waals surface area contributed by atoms with Crippen LogP contribution in [0.15, 0.2) is 36.4 Å². The molecule has 1 N–H and O–H groups in total. The van der Waals surface area contributed by atoms with Crippen LogP contribution in [0.2, 0.25) is 5.02 Å². The minimum absolute atomic E-state index is 0.464. The summed E-state index contributed by atoms with van der Waals surface area (Å²) in [6.45, 7) is 6.58. The first kappa shape index (κ1) is 21.6. The Morgan fingerprint density at radius 2 is 1.70 bits per heavy atom. The van der Waals surface area contributed by atoms with Crippen molar-refractivity contribution in [1.82, 2.24) is 5.32 Å². The maximum atomic E-state index is 6.47. The van der Waals surface area contributed by atoms with Crippen molar-refractivity contribution >= 4 is 11.6 Å². The summed E-state index contributed by atoms with van der Waals surface area (Å²) in [5.41, 5.74) is 3.44. The highest BCUT2D eigenvalue weighted by molar-refractivity contribution is 6.32. The number of unbranched alkanes of at least 4 members (excludes halogenated alkanes) is 4. The molecule has 0 aliphatic carbocycles. The average Bonchev–Trinajstić information content (AvgIpc) is 2.67. The second kappa shape index (κ2) is 11.9. The summed E-state index contributed by atoms with van der Waals surface area (Å²) >= 11 is 6.47. The molecule has 0 spiro atoms. The molecule has 0 aromatic heterocycles. The highest BCUT2D eigenvalue weighted by Crippen LogP contribution is 2.37. The first-order valence-electron chi connectivity index (χ1n) is 9.89. The van der Waals surface area contributed by atoms with E-state index in [1.165, 1.54) is 37.7 Å². The quantitative estimate of drug-likeness (QED) is 0.432. The van der Waals surface area contributed by atoms with Gasteiger partial charge in [-0.3, -0.25) is 0 Å². The summed E-state index contributed by atoms with van der Waals surface area (Å²) in [6, 6.07) is 12.2. The largest absolute Gasteiger partial charge is 0.493 e. The molecule has 0 heterocycles. The normalized spacial score (nSPS) is 10.8. The molecule has 0 saturated heterocycles. The molecule has 4 heteroatoms. The summed E-state index contributed by atoms with van der Waals surface area (Å²) in [5, 5.41) is 4.07. The Labute approximate surface area is 169 Å². The molecule has 0 unspecified atom stereocenters. The van der Waals surface area contributed by atoms with Crippen molar-refractivity contribution < 1.29 is 9.47 Å². The van der Waals surface area contributed by atoms with E-state index in [0.29, 0.717) is 23.1 Å². The number of hydrogen-bond acceptors (Lipinski definition) is 3. The van der Waals surface area contributed by atoms with Crippen LogP contribution in [0.5, 0.6) is 11.5 Å². The topological polar surface area (TPSA) is 30.5 Å². The average molecular weight is 390 g/mol. The van der Waals surface area contributed by atoms with Crippen molar-refractivity contribution in [2.24, 2.45) is 0 Å². The molecule has 0 saturated carbocycles. The summed E-state index contributed by atoms with van der Waals surface area (Å²) in [4.78, 5) is 0. The third-order valence-electron chi connectivity index (χ3n) is 4.58. The Morgan fingerprint density at radius 3 is 2.41 bits per heavy atom. The van der Waals surface area contributed by atoms with E-state index >= 15 is 0 Å². The number of benzene rings is 2. The summed E-state index contributed by atoms with van der Waals surface area (Å²) in [7, 11) is 1.65. The van der Waals surface area contributed by atoms with E-state index in [9.17, 15) is 0 Å². The van der Waals surface area contributed by atoms with Crippen molar-refractivity contribution in [3.63, 3.8) is 0 Å². The molecule has 148 valence electrons. The number of aryl methyl sites for hydroxylation is 1. The fourth-order valence-electron chi connectivity index (χ4n) is 2.94. The summed E-state index contributed by atoms with van der Waals surface area (Å²) in [6.07, 6.45) is 6.44. The van der Waals surface area contributed by atoms with Gasteiger partial charge in [-0.25, -0.2) is 0 Å². The van der Waals surface area contributed by atoms with E-state index in [2.05, 4.69) is 43.4 Å². The van der Waals surface area contributed by atoms with Gasteiger partial charge in [-0.15, -0.1) is 0 Å². The first-order chi connectivity index (χ1) is 13.1. The fraction of sp³-hybridized carbons (Fsp3) is 0.478. The van der Waals surface area contributed by atoms with Crippen molar-refractivity contribution in [2.75, 3.05) is 13.7 Å². The second-order valence-electron chi connectivity index (χ2n) is 6.97. The molecule has 0 radical (unpaired) electrons. The lowest BCUT2D eigenvalue weighted by atomic mass is 10.1. The fourth-order valence-corrected chi connectivity index (χ4v) is 3.23. The molecule has 0 aliphatic rings. The Balaban J connectivity index is 1.88. The van der Waals surface area contributed by atoms with Gasteiger partial charge in [0.2, 0.25) is 0 Å². The van der Waals surface area contributed by atoms with Gasteiger partial charge in [0.05, 0.1) is 12.1 Å². The van der Waals surface area contributed by atoms with E-state index in [1.54, 1.807) is 7.11 Å². The number of halogens is 1. The van der Waals surface area contributed by atoms with Gasteiger partial charge in [-0.2, -0.15) is 0 Å². The van der Waals surface area contributed by atoms with E-state index < -0.39 is 0 Å². The maximum absolute atomic E-state index is 6.47. The van der Waals surface area contributed by atoms with Crippen LogP contribution in [0, 0.1) is 6.92 Å². The minimum Gasteiger partial charge on any atom is -0.493 e. The van der Waals surface area contributed by atoms with Gasteiger partial charge >= 0.3 is 0 Å². The lowest BCUT2D eigenvalue weighted by Crippen LogP contribution is -2.14. The van der Waals surface area contributed by atoms with Crippen LogP contribution in [-0.2, 0) is 13.2 Å². The predicted octanol–water partition coefficient (Wildman–Crippen LogP) is 6.30. The highest BCUT2D eigenvalue weighted by atomic mass is 35.5. The second-order valence-corrected chi connectivity index (χ2v) is 7.38. The van der Waals surface area contributed by atoms with E-state index in [1.807, 2.05) is 12.1 Å². The molecule has 0 aliphatic heterocycles. The number of methoxy groups -OCH3 is 1. The van der Waals surface area contributed by atoms with E-state index in [4.69, 9.17) is 21.1 Å². The van der Waals surface area contributed by atoms with Crippen LogP contribution in [0.1, 0.15) is 55.7 Å². The highest BCUT2D eigenvalue weighted by Gasteiger charge is 2.12. The lowest BCUT2D eigenvalue weighted by Gasteiger charge is -2.15. The molecule has 2 aromatic carbocycles. The summed E-state index contributed by atoms with van der Waals surface area (Å²) in [5.74, 6) is 1.28. The Hall–Kier alpha value is -1.71. The monoisotopic (exact) mass is 389 g/mol. The molecule has 2 aromatic rings. The molecule has 0 fully saturated rings. The Kier molecular flexibility index (Phi) is 9.51. The maximum Gasteiger partial charge on any atom is 0.180 e. The Bertz CT molecular complexity index is 686. The predicted molar refractivity (Wildman–Crippen MR) is 114 cm³/mol. The molecule has 2 rings (SSSR count). The van der Waals surface area contributed by atoms with Crippen molar-refractivity contribution in [3.8, 4) is 11.5 Å². The Morgan fingerprint density at radius 1 is 0.963 bits per heavy atom. The van der Waals surface area contributed by atoms with Gasteiger partial charge in [0.25, 0.3) is 0 Å². The van der Waals surface area contributed by atoms with Crippen molar-refractivity contribution in [1.29, 1.82) is 0 Å². The van der Waals surface area contributed by atoms with E-state index in [0.717, 1.165) is 24.2 Å². The zero-order chi connectivity index (χ0) is 19.5. The standard InChI is InChI=1S/C23H32ClNO2/c1-4-5-6-7-8-13-25-16-20-14-21(24)23(22(15-20)26-3)27-17-19-11-9-18(2)10-12-19/h9-12,14-15,25H,4-8,13,16-17H2,1-3H3. The van der Waals surface area contributed by atoms with Crippen LogP contribution >= 0.6 is 11.6 Å². The van der Waals surface area contributed by atoms with Crippen LogP contribution in [-0.4, -0.2) is 13.7 Å². The van der Waals surface area contributed by atoms with Gasteiger partial charge in [0, 0.05) is 6.54 Å². The van der Waals surface area contributed by atoms with Gasteiger partial charge in [0.15, 0.2) is 11.5 Å². The third-order valence-corrected chi connectivity index (χ3v) is 4.86. The van der Waals surface area contributed by atoms with Gasteiger partial charge in [0.1, 0.15) is 6.61 Å². The number of nitrogens with one attached hydrogen (secondary N) is 1. The number of rotatable bonds is 12. The zero-order valence-corrected chi connectivity index (χ0v) is 17.6. The minimum atomic E-state index is 0.464. The SMILES string of the molecule is CCCCCCCNCc1cc(Cl)c(OCc2ccc(C)cc2)c(OC)c1. The molecule has 0 amide bonds. The van der Waals surface area contributed by atoms with Crippen LogP contribution in [0.25, 0.3) is 0 Å². The van der Waals surface area contributed by atoms with Gasteiger partial charge < -0.3 is 14.8 Å². The zero-order valence-electron chi connectivity index (χ0n) is 16.8. The van der Waals surface area contributed by atoms with Crippen LogP contribution < -0.4 is 14.8 Å². The smallest absolute Gasteiger partial charge is 0.180 e. The third kappa shape index (κ3) is 7.43. The summed E-state index contributed by atoms with van der Waals surface area (Å²) < 4.78 is 11.5. The number of ether oxygens (including phenoxy) is 2. The van der Waals surface area contributed by atoms with Crippen LogP contribution in [0.3, 0.4) is 0 Å². The lowest BCUT2D eigenvalue weighted by molar-refractivity contribution is 0.284. The first-order valence-corrected chi connectivity index (χ1v) is 10.3. The molecule has 27 heavy (non-hydrogen) atoms. The molecule has 3 nitrogen and oxygen atoms in total. The molecular weight excluding hydrogens is 358 g/mol. The number of hydrogen-bond donors (Lipinski definition) is 1. The molecule has 0 atom stereocenters.